The van der Waals surface area contributed by atoms with Crippen LogP contribution in [0.5, 0.6) is 11.5 Å². The molecule has 1 aliphatic heterocycles. The minimum absolute atomic E-state index is 0.175. The molecule has 8 heteroatoms. The van der Waals surface area contributed by atoms with Crippen molar-refractivity contribution in [2.24, 2.45) is 0 Å². The van der Waals surface area contributed by atoms with Crippen molar-refractivity contribution in [2.75, 3.05) is 50.6 Å². The molecule has 0 saturated carbocycles. The van der Waals surface area contributed by atoms with Gasteiger partial charge in [-0.15, -0.1) is 0 Å². The summed E-state index contributed by atoms with van der Waals surface area (Å²) in [7, 11) is 3.29. The van der Waals surface area contributed by atoms with Crippen LogP contribution >= 0.6 is 0 Å². The Hall–Kier alpha value is -2.90. The number of benzene rings is 1. The van der Waals surface area contributed by atoms with Crippen LogP contribution in [0.3, 0.4) is 0 Å². The molecular weight excluding hydrogens is 324 g/mol. The van der Waals surface area contributed by atoms with Crippen LogP contribution in [0.2, 0.25) is 0 Å². The number of ether oxygens (including phenoxy) is 2. The monoisotopic (exact) mass is 346 g/mol. The second-order valence-corrected chi connectivity index (χ2v) is 5.76. The van der Waals surface area contributed by atoms with E-state index in [0.29, 0.717) is 37.8 Å². The second-order valence-electron chi connectivity index (χ2n) is 5.76. The third kappa shape index (κ3) is 3.78. The van der Waals surface area contributed by atoms with Crippen LogP contribution in [0.1, 0.15) is 5.76 Å². The Kier molecular flexibility index (Phi) is 4.97. The number of rotatable bonds is 4. The number of aryl methyl sites for hydroxylation is 1. The summed E-state index contributed by atoms with van der Waals surface area (Å²) in [5.41, 5.74) is 0.967. The maximum Gasteiger partial charge on any atom is 0.323 e. The molecule has 8 nitrogen and oxygen atoms in total. The van der Waals surface area contributed by atoms with Gasteiger partial charge in [-0.25, -0.2) is 4.79 Å². The fourth-order valence-corrected chi connectivity index (χ4v) is 2.81. The largest absolute Gasteiger partial charge is 0.497 e. The van der Waals surface area contributed by atoms with Crippen molar-refractivity contribution in [1.82, 2.24) is 10.1 Å². The van der Waals surface area contributed by atoms with Gasteiger partial charge in [0, 0.05) is 38.3 Å². The molecule has 0 aliphatic carbocycles. The van der Waals surface area contributed by atoms with Crippen molar-refractivity contribution < 1.29 is 18.8 Å². The van der Waals surface area contributed by atoms with E-state index in [0.717, 1.165) is 17.2 Å². The van der Waals surface area contributed by atoms with E-state index in [1.807, 2.05) is 18.2 Å². The summed E-state index contributed by atoms with van der Waals surface area (Å²) >= 11 is 0. The number of carbonyl (C=O) groups is 1. The van der Waals surface area contributed by atoms with Gasteiger partial charge in [-0.3, -0.25) is 5.32 Å². The lowest BCUT2D eigenvalue weighted by atomic mass is 10.2. The van der Waals surface area contributed by atoms with Crippen LogP contribution in [0.15, 0.2) is 28.8 Å². The number of carbonyl (C=O) groups excluding carboxylic acids is 1. The molecule has 2 amide bonds. The minimum Gasteiger partial charge on any atom is -0.497 e. The molecule has 3 rings (SSSR count). The number of hydrogen-bond donors (Lipinski definition) is 1. The zero-order valence-electron chi connectivity index (χ0n) is 14.6. The molecule has 134 valence electrons. The van der Waals surface area contributed by atoms with E-state index in [9.17, 15) is 4.79 Å². The lowest BCUT2D eigenvalue weighted by Gasteiger charge is -2.36. The zero-order valence-corrected chi connectivity index (χ0v) is 14.6. The SMILES string of the molecule is COc1ccc(OC)c(N2CCN(C(=O)Nc3cc(C)on3)CC2)c1. The fraction of sp³-hybridized carbons (Fsp3) is 0.412. The summed E-state index contributed by atoms with van der Waals surface area (Å²) in [5, 5.41) is 6.53. The Morgan fingerprint density at radius 2 is 1.92 bits per heavy atom. The van der Waals surface area contributed by atoms with E-state index in [4.69, 9.17) is 14.0 Å². The summed E-state index contributed by atoms with van der Waals surface area (Å²) in [5.74, 6) is 2.65. The maximum atomic E-state index is 12.3. The Morgan fingerprint density at radius 3 is 2.52 bits per heavy atom. The molecule has 0 atom stereocenters. The fourth-order valence-electron chi connectivity index (χ4n) is 2.81. The topological polar surface area (TPSA) is 80.1 Å². The zero-order chi connectivity index (χ0) is 17.8. The van der Waals surface area contributed by atoms with E-state index in [1.54, 1.807) is 32.1 Å². The molecule has 1 saturated heterocycles. The molecule has 0 unspecified atom stereocenters. The first-order valence-corrected chi connectivity index (χ1v) is 8.07. The highest BCUT2D eigenvalue weighted by Crippen LogP contribution is 2.32. The van der Waals surface area contributed by atoms with Crippen molar-refractivity contribution in [3.63, 3.8) is 0 Å². The molecule has 2 aromatic rings. The summed E-state index contributed by atoms with van der Waals surface area (Å²) < 4.78 is 15.7. The van der Waals surface area contributed by atoms with Crippen LogP contribution in [0.25, 0.3) is 0 Å². The number of aromatic nitrogens is 1. The van der Waals surface area contributed by atoms with Gasteiger partial charge in [-0.2, -0.15) is 0 Å². The third-order valence-corrected chi connectivity index (χ3v) is 4.16. The number of piperazine rings is 1. The van der Waals surface area contributed by atoms with Gasteiger partial charge in [0.1, 0.15) is 17.3 Å². The molecule has 1 aromatic heterocycles. The number of anilines is 2. The van der Waals surface area contributed by atoms with Crippen molar-refractivity contribution >= 4 is 17.5 Å². The first kappa shape index (κ1) is 16.9. The lowest BCUT2D eigenvalue weighted by molar-refractivity contribution is 0.208. The first-order chi connectivity index (χ1) is 12.1. The average molecular weight is 346 g/mol. The summed E-state index contributed by atoms with van der Waals surface area (Å²) in [6, 6.07) is 7.22. The number of urea groups is 1. The Morgan fingerprint density at radius 1 is 1.16 bits per heavy atom. The maximum absolute atomic E-state index is 12.3. The van der Waals surface area contributed by atoms with Crippen LogP contribution in [-0.4, -0.2) is 56.5 Å². The summed E-state index contributed by atoms with van der Waals surface area (Å²) in [6.45, 7) is 4.39. The number of methoxy groups -OCH3 is 2. The quantitative estimate of drug-likeness (QED) is 0.915. The molecule has 0 radical (unpaired) electrons. The molecule has 1 aliphatic rings. The van der Waals surface area contributed by atoms with Crippen molar-refractivity contribution in [2.45, 2.75) is 6.92 Å². The van der Waals surface area contributed by atoms with Gasteiger partial charge in [-0.1, -0.05) is 5.16 Å². The van der Waals surface area contributed by atoms with Crippen LogP contribution in [0, 0.1) is 6.92 Å². The highest BCUT2D eigenvalue weighted by atomic mass is 16.5. The van der Waals surface area contributed by atoms with E-state index >= 15 is 0 Å². The van der Waals surface area contributed by atoms with Crippen LogP contribution in [0.4, 0.5) is 16.3 Å². The molecule has 0 spiro atoms. The van der Waals surface area contributed by atoms with Crippen molar-refractivity contribution in [1.29, 1.82) is 0 Å². The smallest absolute Gasteiger partial charge is 0.323 e. The van der Waals surface area contributed by atoms with Gasteiger partial charge in [0.2, 0.25) is 0 Å². The van der Waals surface area contributed by atoms with Gasteiger partial charge < -0.3 is 23.8 Å². The second kappa shape index (κ2) is 7.33. The van der Waals surface area contributed by atoms with Crippen LogP contribution < -0.4 is 19.7 Å². The predicted octanol–water partition coefficient (Wildman–Crippen LogP) is 2.35. The van der Waals surface area contributed by atoms with Gasteiger partial charge in [0.25, 0.3) is 0 Å². The third-order valence-electron chi connectivity index (χ3n) is 4.16. The van der Waals surface area contributed by atoms with E-state index in [2.05, 4.69) is 15.4 Å². The molecule has 25 heavy (non-hydrogen) atoms. The first-order valence-electron chi connectivity index (χ1n) is 8.07. The summed E-state index contributed by atoms with van der Waals surface area (Å²) in [6.07, 6.45) is 0. The molecule has 0 bridgehead atoms. The molecule has 1 fully saturated rings. The number of amides is 2. The van der Waals surface area contributed by atoms with Gasteiger partial charge in [0.15, 0.2) is 5.82 Å². The molecule has 1 aromatic carbocycles. The van der Waals surface area contributed by atoms with Gasteiger partial charge in [-0.05, 0) is 19.1 Å². The van der Waals surface area contributed by atoms with Crippen molar-refractivity contribution in [3.05, 3.63) is 30.0 Å². The van der Waals surface area contributed by atoms with E-state index in [1.165, 1.54) is 0 Å². The Bertz CT molecular complexity index is 738. The summed E-state index contributed by atoms with van der Waals surface area (Å²) in [4.78, 5) is 16.3. The molecule has 1 N–H and O–H groups in total. The highest BCUT2D eigenvalue weighted by Gasteiger charge is 2.24. The Labute approximate surface area is 146 Å². The molecular formula is C17H22N4O4. The lowest BCUT2D eigenvalue weighted by Crippen LogP contribution is -2.50. The predicted molar refractivity (Wildman–Crippen MR) is 93.6 cm³/mol. The van der Waals surface area contributed by atoms with E-state index < -0.39 is 0 Å². The number of nitrogens with one attached hydrogen (secondary N) is 1. The normalized spacial score (nSPS) is 14.4. The van der Waals surface area contributed by atoms with Crippen LogP contribution in [-0.2, 0) is 0 Å². The van der Waals surface area contributed by atoms with Gasteiger partial charge in [0.05, 0.1) is 19.9 Å². The average Bonchev–Trinajstić information content (AvgIpc) is 3.06. The minimum atomic E-state index is -0.175. The molecule has 2 heterocycles. The standard InChI is InChI=1S/C17H22N4O4/c1-12-10-16(19-25-12)18-17(22)21-8-6-20(7-9-21)14-11-13(23-2)4-5-15(14)24-3/h4-5,10-11H,6-9H2,1-3H3,(H,18,19,22). The highest BCUT2D eigenvalue weighted by molar-refractivity contribution is 5.88. The number of hydrogen-bond acceptors (Lipinski definition) is 6. The number of nitrogens with zero attached hydrogens (tertiary/aromatic N) is 3. The van der Waals surface area contributed by atoms with E-state index in [-0.39, 0.29) is 6.03 Å². The van der Waals surface area contributed by atoms with Crippen molar-refractivity contribution in [3.8, 4) is 11.5 Å². The van der Waals surface area contributed by atoms with Gasteiger partial charge >= 0.3 is 6.03 Å². The Balaban J connectivity index is 1.62.